The van der Waals surface area contributed by atoms with Gasteiger partial charge in [-0.3, -0.25) is 0 Å². The minimum absolute atomic E-state index is 0.0565. The molecule has 0 bridgehead atoms. The van der Waals surface area contributed by atoms with Crippen LogP contribution >= 0.6 is 0 Å². The Hall–Kier alpha value is -1.26. The van der Waals surface area contributed by atoms with E-state index in [2.05, 4.69) is 0 Å². The first kappa shape index (κ1) is 12.8. The number of rotatable bonds is 6. The van der Waals surface area contributed by atoms with Gasteiger partial charge in [0.25, 0.3) is 0 Å². The number of benzene rings is 1. The molecule has 16 heavy (non-hydrogen) atoms. The molecular weight excluding hydrogens is 206 g/mol. The Morgan fingerprint density at radius 2 is 2.06 bits per heavy atom. The van der Waals surface area contributed by atoms with E-state index < -0.39 is 0 Å². The molecule has 0 aromatic heterocycles. The second-order valence-electron chi connectivity index (χ2n) is 3.67. The SMILES string of the molecule is COc1ccc(OC)c(C[C@H](CN)CO)c1. The molecule has 0 unspecified atom stereocenters. The maximum absolute atomic E-state index is 9.13. The largest absolute Gasteiger partial charge is 0.497 e. The van der Waals surface area contributed by atoms with Crippen LogP contribution in [0.3, 0.4) is 0 Å². The first-order chi connectivity index (χ1) is 7.74. The molecule has 1 rings (SSSR count). The number of aliphatic hydroxyl groups is 1. The van der Waals surface area contributed by atoms with Crippen molar-refractivity contribution in [3.8, 4) is 11.5 Å². The number of hydrogen-bond donors (Lipinski definition) is 2. The van der Waals surface area contributed by atoms with Gasteiger partial charge in [0.15, 0.2) is 0 Å². The van der Waals surface area contributed by atoms with E-state index in [0.717, 1.165) is 17.1 Å². The lowest BCUT2D eigenvalue weighted by Gasteiger charge is -2.15. The molecule has 1 aromatic carbocycles. The van der Waals surface area contributed by atoms with Gasteiger partial charge in [-0.25, -0.2) is 0 Å². The summed E-state index contributed by atoms with van der Waals surface area (Å²) in [6.07, 6.45) is 0.688. The number of hydrogen-bond acceptors (Lipinski definition) is 4. The summed E-state index contributed by atoms with van der Waals surface area (Å²) in [4.78, 5) is 0. The highest BCUT2D eigenvalue weighted by Gasteiger charge is 2.11. The third kappa shape index (κ3) is 3.12. The van der Waals surface area contributed by atoms with Gasteiger partial charge in [0.2, 0.25) is 0 Å². The van der Waals surface area contributed by atoms with Crippen LogP contribution in [0.1, 0.15) is 5.56 Å². The van der Waals surface area contributed by atoms with E-state index in [0.29, 0.717) is 13.0 Å². The minimum atomic E-state index is 0.0565. The highest BCUT2D eigenvalue weighted by atomic mass is 16.5. The van der Waals surface area contributed by atoms with Gasteiger partial charge in [-0.2, -0.15) is 0 Å². The number of methoxy groups -OCH3 is 2. The monoisotopic (exact) mass is 225 g/mol. The van der Waals surface area contributed by atoms with Crippen molar-refractivity contribution >= 4 is 0 Å². The third-order valence-electron chi connectivity index (χ3n) is 2.59. The summed E-state index contributed by atoms with van der Waals surface area (Å²) >= 11 is 0. The third-order valence-corrected chi connectivity index (χ3v) is 2.59. The Bertz CT molecular complexity index is 324. The smallest absolute Gasteiger partial charge is 0.122 e. The average molecular weight is 225 g/mol. The summed E-state index contributed by atoms with van der Waals surface area (Å²) in [5.74, 6) is 1.64. The zero-order valence-electron chi connectivity index (χ0n) is 9.77. The highest BCUT2D eigenvalue weighted by molar-refractivity contribution is 5.40. The summed E-state index contributed by atoms with van der Waals surface area (Å²) in [5.41, 5.74) is 6.57. The number of aliphatic hydroxyl groups excluding tert-OH is 1. The van der Waals surface area contributed by atoms with Crippen molar-refractivity contribution < 1.29 is 14.6 Å². The van der Waals surface area contributed by atoms with Crippen molar-refractivity contribution in [1.29, 1.82) is 0 Å². The van der Waals surface area contributed by atoms with Gasteiger partial charge in [-0.1, -0.05) is 0 Å². The molecule has 1 aromatic rings. The lowest BCUT2D eigenvalue weighted by molar-refractivity contribution is 0.228. The van der Waals surface area contributed by atoms with E-state index in [1.54, 1.807) is 14.2 Å². The first-order valence-corrected chi connectivity index (χ1v) is 5.27. The minimum Gasteiger partial charge on any atom is -0.497 e. The van der Waals surface area contributed by atoms with E-state index in [9.17, 15) is 0 Å². The molecule has 0 fully saturated rings. The van der Waals surface area contributed by atoms with Gasteiger partial charge in [-0.15, -0.1) is 0 Å². The number of nitrogens with two attached hydrogens (primary N) is 1. The molecule has 0 aliphatic heterocycles. The quantitative estimate of drug-likeness (QED) is 0.752. The zero-order valence-corrected chi connectivity index (χ0v) is 9.77. The molecule has 0 heterocycles. The molecule has 4 nitrogen and oxygen atoms in total. The fourth-order valence-electron chi connectivity index (χ4n) is 1.57. The van der Waals surface area contributed by atoms with Crippen LogP contribution in [0.4, 0.5) is 0 Å². The van der Waals surface area contributed by atoms with Gasteiger partial charge < -0.3 is 20.3 Å². The Balaban J connectivity index is 2.90. The molecule has 90 valence electrons. The van der Waals surface area contributed by atoms with E-state index in [-0.39, 0.29) is 12.5 Å². The summed E-state index contributed by atoms with van der Waals surface area (Å²) < 4.78 is 10.4. The van der Waals surface area contributed by atoms with Gasteiger partial charge in [-0.05, 0) is 42.6 Å². The summed E-state index contributed by atoms with van der Waals surface area (Å²) in [6.45, 7) is 0.535. The van der Waals surface area contributed by atoms with Crippen LogP contribution in [0.2, 0.25) is 0 Å². The normalized spacial score (nSPS) is 12.2. The van der Waals surface area contributed by atoms with Crippen LogP contribution in [0.15, 0.2) is 18.2 Å². The predicted molar refractivity (Wildman–Crippen MR) is 62.9 cm³/mol. The lowest BCUT2D eigenvalue weighted by atomic mass is 9.99. The van der Waals surface area contributed by atoms with Crippen molar-refractivity contribution in [2.45, 2.75) is 6.42 Å². The maximum Gasteiger partial charge on any atom is 0.122 e. The molecular formula is C12H19NO3. The molecule has 0 spiro atoms. The first-order valence-electron chi connectivity index (χ1n) is 5.27. The Morgan fingerprint density at radius 3 is 2.56 bits per heavy atom. The fraction of sp³-hybridized carbons (Fsp3) is 0.500. The molecule has 3 N–H and O–H groups in total. The van der Waals surface area contributed by atoms with Crippen molar-refractivity contribution in [2.24, 2.45) is 11.7 Å². The van der Waals surface area contributed by atoms with Gasteiger partial charge in [0, 0.05) is 6.61 Å². The van der Waals surface area contributed by atoms with Crippen LogP contribution in [0.25, 0.3) is 0 Å². The predicted octanol–water partition coefficient (Wildman–Crippen LogP) is 0.813. The Kier molecular flexibility index (Phi) is 5.08. The van der Waals surface area contributed by atoms with Crippen LogP contribution < -0.4 is 15.2 Å². The van der Waals surface area contributed by atoms with Crippen molar-refractivity contribution in [3.05, 3.63) is 23.8 Å². The van der Waals surface area contributed by atoms with Gasteiger partial charge >= 0.3 is 0 Å². The Labute approximate surface area is 96.0 Å². The topological polar surface area (TPSA) is 64.7 Å². The second kappa shape index (κ2) is 6.35. The second-order valence-corrected chi connectivity index (χ2v) is 3.67. The maximum atomic E-state index is 9.13. The molecule has 0 aliphatic carbocycles. The van der Waals surface area contributed by atoms with Crippen LogP contribution in [0.5, 0.6) is 11.5 Å². The lowest BCUT2D eigenvalue weighted by Crippen LogP contribution is -2.20. The molecule has 0 radical (unpaired) electrons. The van der Waals surface area contributed by atoms with Crippen LogP contribution in [-0.2, 0) is 6.42 Å². The molecule has 0 saturated carbocycles. The van der Waals surface area contributed by atoms with Crippen LogP contribution in [0, 0.1) is 5.92 Å². The van der Waals surface area contributed by atoms with Crippen molar-refractivity contribution in [1.82, 2.24) is 0 Å². The fourth-order valence-corrected chi connectivity index (χ4v) is 1.57. The van der Waals surface area contributed by atoms with Crippen LogP contribution in [-0.4, -0.2) is 32.5 Å². The average Bonchev–Trinajstić information content (AvgIpc) is 2.35. The number of ether oxygens (including phenoxy) is 2. The molecule has 0 saturated heterocycles. The van der Waals surface area contributed by atoms with Gasteiger partial charge in [0.05, 0.1) is 14.2 Å². The van der Waals surface area contributed by atoms with Gasteiger partial charge in [0.1, 0.15) is 11.5 Å². The summed E-state index contributed by atoms with van der Waals surface area (Å²) in [5, 5.41) is 9.13. The molecule has 4 heteroatoms. The van der Waals surface area contributed by atoms with E-state index in [4.69, 9.17) is 20.3 Å². The van der Waals surface area contributed by atoms with E-state index >= 15 is 0 Å². The van der Waals surface area contributed by atoms with E-state index in [1.807, 2.05) is 18.2 Å². The summed E-state index contributed by atoms with van der Waals surface area (Å²) in [6, 6.07) is 5.62. The highest BCUT2D eigenvalue weighted by Crippen LogP contribution is 2.26. The zero-order chi connectivity index (χ0) is 12.0. The molecule has 0 aliphatic rings. The Morgan fingerprint density at radius 1 is 1.31 bits per heavy atom. The van der Waals surface area contributed by atoms with Crippen molar-refractivity contribution in [3.63, 3.8) is 0 Å². The summed E-state index contributed by atoms with van der Waals surface area (Å²) in [7, 11) is 3.25. The standard InChI is InChI=1S/C12H19NO3/c1-15-11-3-4-12(16-2)10(6-11)5-9(7-13)8-14/h3-4,6,9,14H,5,7-8,13H2,1-2H3/t9-/m1/s1. The molecule has 1 atom stereocenters. The van der Waals surface area contributed by atoms with E-state index in [1.165, 1.54) is 0 Å². The van der Waals surface area contributed by atoms with Crippen molar-refractivity contribution in [2.75, 3.05) is 27.4 Å². The molecule has 0 amide bonds.